The molecule has 2 aromatic heterocycles. The summed E-state index contributed by atoms with van der Waals surface area (Å²) < 4.78 is 5.78. The smallest absolute Gasteiger partial charge is 0.290 e. The molecule has 3 heterocycles. The first kappa shape index (κ1) is 13.8. The number of hydrogen-bond acceptors (Lipinski definition) is 5. The Morgan fingerprint density at radius 3 is 2.78 bits per heavy atom. The number of nitrogens with one attached hydrogen (secondary N) is 1. The number of aromatic nitrogens is 1. The molecule has 1 aliphatic heterocycles. The van der Waals surface area contributed by atoms with Crippen LogP contribution in [0, 0.1) is 0 Å². The van der Waals surface area contributed by atoms with Gasteiger partial charge in [-0.15, -0.1) is 0 Å². The highest BCUT2D eigenvalue weighted by Crippen LogP contribution is 2.30. The molecule has 1 aromatic carbocycles. The molecule has 0 unspecified atom stereocenters. The van der Waals surface area contributed by atoms with Crippen LogP contribution in [0.2, 0.25) is 0 Å². The summed E-state index contributed by atoms with van der Waals surface area (Å²) in [5.74, 6) is 0.715. The summed E-state index contributed by atoms with van der Waals surface area (Å²) in [5.41, 5.74) is 0.743. The molecule has 1 aliphatic rings. The maximum Gasteiger partial charge on any atom is 0.290 e. The van der Waals surface area contributed by atoms with Crippen LogP contribution in [-0.4, -0.2) is 16.1 Å². The average Bonchev–Trinajstić information content (AvgIpc) is 3.14. The van der Waals surface area contributed by atoms with Crippen LogP contribution in [0.15, 0.2) is 58.0 Å². The second-order valence-corrected chi connectivity index (χ2v) is 5.95. The summed E-state index contributed by atoms with van der Waals surface area (Å²) in [6.45, 7) is 0. The Bertz CT molecular complexity index is 969. The highest BCUT2D eigenvalue weighted by atomic mass is 32.2. The third-order valence-electron chi connectivity index (χ3n) is 3.45. The summed E-state index contributed by atoms with van der Waals surface area (Å²) in [4.78, 5) is 27.5. The molecule has 0 saturated carbocycles. The fourth-order valence-electron chi connectivity index (χ4n) is 2.42. The number of imide groups is 1. The summed E-state index contributed by atoms with van der Waals surface area (Å²) >= 11 is 0.862. The lowest BCUT2D eigenvalue weighted by atomic mass is 10.1. The number of pyridine rings is 1. The fourth-order valence-corrected chi connectivity index (χ4v) is 3.09. The normalized spacial score (nSPS) is 16.3. The van der Waals surface area contributed by atoms with Crippen molar-refractivity contribution in [1.29, 1.82) is 0 Å². The van der Waals surface area contributed by atoms with Crippen LogP contribution in [0.5, 0.6) is 0 Å². The first-order valence-corrected chi connectivity index (χ1v) is 7.71. The zero-order valence-corrected chi connectivity index (χ0v) is 12.6. The summed E-state index contributed by atoms with van der Waals surface area (Å²) in [7, 11) is 0. The van der Waals surface area contributed by atoms with Crippen LogP contribution in [0.1, 0.15) is 5.76 Å². The van der Waals surface area contributed by atoms with Gasteiger partial charge in [0.2, 0.25) is 0 Å². The van der Waals surface area contributed by atoms with Gasteiger partial charge in [0.05, 0.1) is 4.91 Å². The van der Waals surface area contributed by atoms with E-state index in [1.807, 2.05) is 30.3 Å². The van der Waals surface area contributed by atoms with Gasteiger partial charge in [0, 0.05) is 17.7 Å². The van der Waals surface area contributed by atoms with Crippen molar-refractivity contribution < 1.29 is 14.0 Å². The number of fused-ring (bicyclic) bond motifs is 1. The lowest BCUT2D eigenvalue weighted by Crippen LogP contribution is -2.17. The second-order valence-electron chi connectivity index (χ2n) is 4.93. The Labute approximate surface area is 135 Å². The van der Waals surface area contributed by atoms with E-state index in [4.69, 9.17) is 4.42 Å². The van der Waals surface area contributed by atoms with Crippen molar-refractivity contribution in [2.45, 2.75) is 0 Å². The molecule has 6 heteroatoms. The van der Waals surface area contributed by atoms with E-state index in [-0.39, 0.29) is 5.24 Å². The zero-order valence-electron chi connectivity index (χ0n) is 11.8. The van der Waals surface area contributed by atoms with E-state index in [0.717, 1.165) is 28.2 Å². The van der Waals surface area contributed by atoms with E-state index in [2.05, 4.69) is 10.3 Å². The number of hydrogen-bond donors (Lipinski definition) is 1. The van der Waals surface area contributed by atoms with Gasteiger partial charge in [0.15, 0.2) is 5.76 Å². The van der Waals surface area contributed by atoms with Crippen molar-refractivity contribution in [3.8, 4) is 11.5 Å². The third-order valence-corrected chi connectivity index (χ3v) is 4.26. The van der Waals surface area contributed by atoms with Crippen molar-refractivity contribution >= 4 is 39.8 Å². The zero-order chi connectivity index (χ0) is 15.8. The number of amides is 2. The van der Waals surface area contributed by atoms with Gasteiger partial charge in [0.1, 0.15) is 11.5 Å². The van der Waals surface area contributed by atoms with Crippen LogP contribution in [0.4, 0.5) is 4.79 Å². The number of thioether (sulfide) groups is 1. The van der Waals surface area contributed by atoms with Gasteiger partial charge in [-0.05, 0) is 35.3 Å². The van der Waals surface area contributed by atoms with Gasteiger partial charge in [-0.3, -0.25) is 19.9 Å². The molecule has 1 N–H and O–H groups in total. The van der Waals surface area contributed by atoms with E-state index in [0.29, 0.717) is 16.4 Å². The number of rotatable bonds is 2. The molecule has 5 nitrogen and oxygen atoms in total. The van der Waals surface area contributed by atoms with Crippen LogP contribution in [0.25, 0.3) is 28.3 Å². The van der Waals surface area contributed by atoms with Crippen molar-refractivity contribution in [2.75, 3.05) is 0 Å². The van der Waals surface area contributed by atoms with Gasteiger partial charge in [-0.2, -0.15) is 0 Å². The standard InChI is InChI=1S/C17H10N2O3S/c20-16-14(23-17(21)19-16)9-11-5-6-13(22-11)15-12-4-2-1-3-10(12)7-8-18-15/h1-9H,(H,19,20,21)/b14-9-. The average molecular weight is 322 g/mol. The van der Waals surface area contributed by atoms with E-state index < -0.39 is 5.91 Å². The van der Waals surface area contributed by atoms with Crippen molar-refractivity contribution in [2.24, 2.45) is 0 Å². The predicted octanol–water partition coefficient (Wildman–Crippen LogP) is 3.82. The fraction of sp³-hybridized carbons (Fsp3) is 0. The van der Waals surface area contributed by atoms with Crippen LogP contribution >= 0.6 is 11.8 Å². The summed E-state index contributed by atoms with van der Waals surface area (Å²) in [6.07, 6.45) is 3.29. The molecule has 2 amide bonds. The predicted molar refractivity (Wildman–Crippen MR) is 88.6 cm³/mol. The summed E-state index contributed by atoms with van der Waals surface area (Å²) in [5, 5.41) is 3.91. The molecule has 1 saturated heterocycles. The molecule has 112 valence electrons. The maximum atomic E-state index is 11.6. The highest BCUT2D eigenvalue weighted by molar-refractivity contribution is 8.18. The largest absolute Gasteiger partial charge is 0.455 e. The Morgan fingerprint density at radius 2 is 1.96 bits per heavy atom. The van der Waals surface area contributed by atoms with Crippen LogP contribution in [-0.2, 0) is 4.79 Å². The number of nitrogens with zero attached hydrogens (tertiary/aromatic N) is 1. The topological polar surface area (TPSA) is 72.2 Å². The minimum absolute atomic E-state index is 0.321. The van der Waals surface area contributed by atoms with Gasteiger partial charge in [-0.1, -0.05) is 24.3 Å². The third kappa shape index (κ3) is 2.53. The first-order valence-electron chi connectivity index (χ1n) is 6.89. The van der Waals surface area contributed by atoms with E-state index in [1.165, 1.54) is 0 Å². The summed E-state index contributed by atoms with van der Waals surface area (Å²) in [6, 6.07) is 13.4. The molecule has 1 fully saturated rings. The Kier molecular flexibility index (Phi) is 3.24. The first-order chi connectivity index (χ1) is 11.2. The molecular formula is C17H10N2O3S. The van der Waals surface area contributed by atoms with E-state index in [9.17, 15) is 9.59 Å². The van der Waals surface area contributed by atoms with Crippen LogP contribution in [0.3, 0.4) is 0 Å². The van der Waals surface area contributed by atoms with Gasteiger partial charge < -0.3 is 4.42 Å². The highest BCUT2D eigenvalue weighted by Gasteiger charge is 2.25. The Morgan fingerprint density at radius 1 is 1.09 bits per heavy atom. The lowest BCUT2D eigenvalue weighted by Gasteiger charge is -2.02. The number of benzene rings is 1. The molecule has 23 heavy (non-hydrogen) atoms. The maximum absolute atomic E-state index is 11.6. The molecule has 4 rings (SSSR count). The quantitative estimate of drug-likeness (QED) is 0.726. The minimum atomic E-state index is -0.402. The monoisotopic (exact) mass is 322 g/mol. The molecule has 3 aromatic rings. The van der Waals surface area contributed by atoms with Crippen molar-refractivity contribution in [3.63, 3.8) is 0 Å². The van der Waals surface area contributed by atoms with E-state index in [1.54, 1.807) is 24.4 Å². The van der Waals surface area contributed by atoms with Crippen LogP contribution < -0.4 is 5.32 Å². The molecule has 0 bridgehead atoms. The van der Waals surface area contributed by atoms with Crippen molar-refractivity contribution in [1.82, 2.24) is 10.3 Å². The Hall–Kier alpha value is -2.86. The molecule has 0 spiro atoms. The number of carbonyl (C=O) groups excluding carboxylic acids is 2. The van der Waals surface area contributed by atoms with Gasteiger partial charge >= 0.3 is 0 Å². The SMILES string of the molecule is O=C1NC(=O)/C(=C/c2ccc(-c3nccc4ccccc34)o2)S1. The number of furan rings is 1. The van der Waals surface area contributed by atoms with Crippen molar-refractivity contribution in [3.05, 3.63) is 59.3 Å². The molecule has 0 aliphatic carbocycles. The van der Waals surface area contributed by atoms with Gasteiger partial charge in [0.25, 0.3) is 11.1 Å². The van der Waals surface area contributed by atoms with Gasteiger partial charge in [-0.25, -0.2) is 0 Å². The molecule has 0 atom stereocenters. The lowest BCUT2D eigenvalue weighted by molar-refractivity contribution is -0.115. The van der Waals surface area contributed by atoms with E-state index >= 15 is 0 Å². The molecule has 0 radical (unpaired) electrons. The minimum Gasteiger partial charge on any atom is -0.455 e. The molecular weight excluding hydrogens is 312 g/mol. The Balaban J connectivity index is 1.74. The second kappa shape index (κ2) is 5.40. The number of carbonyl (C=O) groups is 2.